The van der Waals surface area contributed by atoms with Crippen LogP contribution in [-0.4, -0.2) is 112 Å². The van der Waals surface area contributed by atoms with Crippen LogP contribution in [0.1, 0.15) is 90.1 Å². The van der Waals surface area contributed by atoms with Crippen molar-refractivity contribution in [2.24, 2.45) is 11.3 Å². The highest BCUT2D eigenvalue weighted by atomic mass is 35.5. The van der Waals surface area contributed by atoms with Crippen LogP contribution in [0.5, 0.6) is 0 Å². The lowest BCUT2D eigenvalue weighted by molar-refractivity contribution is -0.185. The van der Waals surface area contributed by atoms with E-state index in [9.17, 15) is 24.6 Å². The number of ketones is 1. The standard InChI is InChI=1S/C35H53ClN4O6/c1-19(2)26(39(9)10)29(42)46-22-14-20(3)40-18-33(37-8)17-34(32(6,7)35(33,45)16-21(40)15-22)24-13-11-12-23(25(24)38-30(34)43)27(41)28(36)31(4,5)44/h11-13,19-22,26,28,37,44-45H,14-18H2,1-10H3,(H,38,43)/t20-,21+,22-,26+,28+,33+,34-,35-/m1/s1. The molecular weight excluding hydrogens is 608 g/mol. The Kier molecular flexibility index (Phi) is 8.82. The first kappa shape index (κ1) is 35.2. The molecule has 1 saturated carbocycles. The lowest BCUT2D eigenvalue weighted by Gasteiger charge is -2.60. The van der Waals surface area contributed by atoms with Gasteiger partial charge in [-0.05, 0) is 78.7 Å². The third kappa shape index (κ3) is 4.88. The highest BCUT2D eigenvalue weighted by Gasteiger charge is 2.79. The van der Waals surface area contributed by atoms with E-state index < -0.39 is 38.7 Å². The van der Waals surface area contributed by atoms with Crippen LogP contribution in [0.4, 0.5) is 5.69 Å². The number of hydrogen-bond acceptors (Lipinski definition) is 9. The molecule has 11 heteroatoms. The van der Waals surface area contributed by atoms with Gasteiger partial charge in [-0.25, -0.2) is 0 Å². The van der Waals surface area contributed by atoms with Crippen molar-refractivity contribution < 1.29 is 29.3 Å². The lowest BCUT2D eigenvalue weighted by atomic mass is 9.57. The lowest BCUT2D eigenvalue weighted by Crippen LogP contribution is -2.75. The van der Waals surface area contributed by atoms with Gasteiger partial charge in [0, 0.05) is 36.0 Å². The Hall–Kier alpha value is -2.08. The van der Waals surface area contributed by atoms with Crippen LogP contribution in [0.2, 0.25) is 0 Å². The van der Waals surface area contributed by atoms with E-state index in [1.165, 1.54) is 13.8 Å². The maximum absolute atomic E-state index is 14.4. The SMILES string of the molecule is CN[C@@]12CN3[C@@H](C[C@H](OC(=O)[C@H](C(C)C)N(C)C)C[C@H]3C)C[C@@]1(O)C(C)(C)[C@@]1(C2)C(=O)Nc2c(C(=O)[C@H](Cl)C(C)(C)O)cccc21. The first-order chi connectivity index (χ1) is 21.2. The fourth-order valence-electron chi connectivity index (χ4n) is 9.58. The molecule has 256 valence electrons. The summed E-state index contributed by atoms with van der Waals surface area (Å²) in [6.45, 7) is 13.6. The molecule has 5 rings (SSSR count). The van der Waals surface area contributed by atoms with Gasteiger partial charge in [0.25, 0.3) is 0 Å². The number of ether oxygens (including phenoxy) is 1. The van der Waals surface area contributed by atoms with Crippen LogP contribution in [-0.2, 0) is 19.7 Å². The smallest absolute Gasteiger partial charge is 0.323 e. The second-order valence-electron chi connectivity index (χ2n) is 16.0. The van der Waals surface area contributed by atoms with E-state index in [4.69, 9.17) is 16.3 Å². The van der Waals surface area contributed by atoms with Crippen molar-refractivity contribution in [1.82, 2.24) is 15.1 Å². The molecule has 46 heavy (non-hydrogen) atoms. The Morgan fingerprint density at radius 2 is 1.87 bits per heavy atom. The van der Waals surface area contributed by atoms with Crippen molar-refractivity contribution in [3.05, 3.63) is 29.3 Å². The quantitative estimate of drug-likeness (QED) is 0.188. The van der Waals surface area contributed by atoms with Gasteiger partial charge >= 0.3 is 5.97 Å². The molecule has 10 nitrogen and oxygen atoms in total. The third-order valence-corrected chi connectivity index (χ3v) is 12.8. The molecule has 0 bridgehead atoms. The number of para-hydroxylation sites is 1. The van der Waals surface area contributed by atoms with E-state index in [1.807, 2.05) is 59.8 Å². The maximum atomic E-state index is 14.4. The van der Waals surface area contributed by atoms with Crippen LogP contribution < -0.4 is 10.6 Å². The minimum Gasteiger partial charge on any atom is -0.461 e. The van der Waals surface area contributed by atoms with Gasteiger partial charge in [0.1, 0.15) is 17.5 Å². The number of Topliss-reactive ketones (excluding diaryl/α,β-unsaturated/α-hetero) is 1. The summed E-state index contributed by atoms with van der Waals surface area (Å²) in [6.07, 6.45) is 1.70. The average Bonchev–Trinajstić information content (AvgIpc) is 3.31. The van der Waals surface area contributed by atoms with Crippen molar-refractivity contribution in [3.63, 3.8) is 0 Å². The number of nitrogens with zero attached hydrogens (tertiary/aromatic N) is 2. The van der Waals surface area contributed by atoms with E-state index in [0.717, 1.165) is 0 Å². The average molecular weight is 661 g/mol. The Balaban J connectivity index is 1.52. The Morgan fingerprint density at radius 1 is 1.22 bits per heavy atom. The number of hydrogen-bond donors (Lipinski definition) is 4. The number of benzene rings is 1. The molecule has 1 aromatic rings. The van der Waals surface area contributed by atoms with Crippen molar-refractivity contribution in [2.45, 2.75) is 126 Å². The topological polar surface area (TPSA) is 131 Å². The number of rotatable bonds is 8. The van der Waals surface area contributed by atoms with Crippen molar-refractivity contribution >= 4 is 34.9 Å². The zero-order valence-electron chi connectivity index (χ0n) is 29.0. The molecule has 3 aliphatic heterocycles. The number of anilines is 1. The van der Waals surface area contributed by atoms with Crippen molar-refractivity contribution in [2.75, 3.05) is 33.0 Å². The molecule has 1 aromatic carbocycles. The van der Waals surface area contributed by atoms with Crippen molar-refractivity contribution in [1.29, 1.82) is 0 Å². The predicted octanol–water partition coefficient (Wildman–Crippen LogP) is 3.31. The van der Waals surface area contributed by atoms with E-state index in [-0.39, 0.29) is 47.6 Å². The fourth-order valence-corrected chi connectivity index (χ4v) is 9.70. The van der Waals surface area contributed by atoms with Gasteiger partial charge in [0.2, 0.25) is 5.91 Å². The van der Waals surface area contributed by atoms with Crippen LogP contribution in [0.15, 0.2) is 18.2 Å². The summed E-state index contributed by atoms with van der Waals surface area (Å²) in [7, 11) is 5.63. The van der Waals surface area contributed by atoms with Crippen LogP contribution in [0.3, 0.4) is 0 Å². The molecule has 4 N–H and O–H groups in total. The second-order valence-corrected chi connectivity index (χ2v) is 16.5. The fraction of sp³-hybridized carbons (Fsp3) is 0.743. The number of halogens is 1. The summed E-state index contributed by atoms with van der Waals surface area (Å²) >= 11 is 6.43. The molecule has 0 radical (unpaired) electrons. The van der Waals surface area contributed by atoms with Gasteiger partial charge in [-0.1, -0.05) is 39.8 Å². The van der Waals surface area contributed by atoms with Gasteiger partial charge < -0.3 is 25.6 Å². The van der Waals surface area contributed by atoms with Gasteiger partial charge in [-0.2, -0.15) is 0 Å². The van der Waals surface area contributed by atoms with E-state index in [2.05, 4.69) is 22.5 Å². The normalized spacial score (nSPS) is 35.0. The van der Waals surface area contributed by atoms with Gasteiger partial charge in [-0.3, -0.25) is 24.2 Å². The van der Waals surface area contributed by atoms with E-state index in [1.54, 1.807) is 12.1 Å². The minimum absolute atomic E-state index is 0.0695. The summed E-state index contributed by atoms with van der Waals surface area (Å²) < 4.78 is 6.15. The van der Waals surface area contributed by atoms with Gasteiger partial charge in [0.05, 0.1) is 27.8 Å². The summed E-state index contributed by atoms with van der Waals surface area (Å²) in [5.74, 6) is -0.859. The first-order valence-electron chi connectivity index (χ1n) is 16.6. The number of piperidine rings is 2. The molecule has 4 aliphatic rings. The predicted molar refractivity (Wildman–Crippen MR) is 178 cm³/mol. The monoisotopic (exact) mass is 660 g/mol. The molecule has 3 fully saturated rings. The van der Waals surface area contributed by atoms with E-state index >= 15 is 0 Å². The number of alkyl halides is 1. The molecular formula is C35H53ClN4O6. The van der Waals surface area contributed by atoms with E-state index in [0.29, 0.717) is 43.5 Å². The van der Waals surface area contributed by atoms with Crippen LogP contribution in [0, 0.1) is 11.3 Å². The highest BCUT2D eigenvalue weighted by molar-refractivity contribution is 6.36. The summed E-state index contributed by atoms with van der Waals surface area (Å²) in [5, 5.41) is 28.9. The zero-order chi connectivity index (χ0) is 34.4. The highest BCUT2D eigenvalue weighted by Crippen LogP contribution is 2.69. The molecule has 0 unspecified atom stereocenters. The minimum atomic E-state index is -1.47. The van der Waals surface area contributed by atoms with Crippen LogP contribution in [0.25, 0.3) is 0 Å². The number of amides is 1. The maximum Gasteiger partial charge on any atom is 0.323 e. The molecule has 2 saturated heterocycles. The summed E-state index contributed by atoms with van der Waals surface area (Å²) in [6, 6.07) is 4.91. The molecule has 1 spiro atoms. The third-order valence-electron chi connectivity index (χ3n) is 12.1. The second kappa shape index (κ2) is 11.5. The van der Waals surface area contributed by atoms with Crippen molar-refractivity contribution in [3.8, 4) is 0 Å². The van der Waals surface area contributed by atoms with Crippen LogP contribution >= 0.6 is 11.6 Å². The largest absolute Gasteiger partial charge is 0.461 e. The summed E-state index contributed by atoms with van der Waals surface area (Å²) in [4.78, 5) is 45.5. The Labute approximate surface area is 278 Å². The molecule has 0 aromatic heterocycles. The number of likely N-dealkylation sites (N-methyl/N-ethyl adjacent to an activating group) is 2. The molecule has 1 aliphatic carbocycles. The molecule has 3 heterocycles. The molecule has 1 amide bonds. The first-order valence-corrected chi connectivity index (χ1v) is 17.0. The number of fused-ring (bicyclic) bond motifs is 4. The van der Waals surface area contributed by atoms with Gasteiger partial charge in [0.15, 0.2) is 5.78 Å². The Morgan fingerprint density at radius 3 is 2.43 bits per heavy atom. The zero-order valence-corrected chi connectivity index (χ0v) is 29.8. The Bertz CT molecular complexity index is 1400. The number of esters is 1. The summed E-state index contributed by atoms with van der Waals surface area (Å²) in [5.41, 5.74) is -4.50. The number of nitrogens with one attached hydrogen (secondary N) is 2. The molecule has 8 atom stereocenters. The number of aliphatic hydroxyl groups is 2. The number of carbonyl (C=O) groups excluding carboxylic acids is 3. The van der Waals surface area contributed by atoms with Gasteiger partial charge in [-0.15, -0.1) is 11.6 Å². The number of carbonyl (C=O) groups is 3.